The van der Waals surface area contributed by atoms with Gasteiger partial charge in [0.15, 0.2) is 0 Å². The molecule has 0 aromatic rings. The molecule has 0 unspecified atom stereocenters. The van der Waals surface area contributed by atoms with Crippen molar-refractivity contribution in [3.8, 4) is 0 Å². The van der Waals surface area contributed by atoms with Gasteiger partial charge in [-0.2, -0.15) is 8.42 Å². The van der Waals surface area contributed by atoms with E-state index in [0.29, 0.717) is 4.90 Å². The van der Waals surface area contributed by atoms with Crippen LogP contribution in [0.2, 0.25) is 0 Å². The SMILES string of the molecule is [2H]C([2H])([2H])N(CCCS(=O)(=O)O)C(C)=O. The molecule has 0 aliphatic carbocycles. The molecule has 0 heterocycles. The first-order valence-electron chi connectivity index (χ1n) is 4.77. The van der Waals surface area contributed by atoms with Gasteiger partial charge in [0.25, 0.3) is 10.1 Å². The lowest BCUT2D eigenvalue weighted by molar-refractivity contribution is -0.127. The number of carbonyl (C=O) groups is 1. The minimum absolute atomic E-state index is 0.114. The van der Waals surface area contributed by atoms with Gasteiger partial charge in [-0.3, -0.25) is 9.35 Å². The Hall–Kier alpha value is -0.620. The summed E-state index contributed by atoms with van der Waals surface area (Å²) in [5, 5.41) is 0. The minimum Gasteiger partial charge on any atom is -0.346 e. The summed E-state index contributed by atoms with van der Waals surface area (Å²) in [7, 11) is -4.11. The Labute approximate surface area is 76.3 Å². The Balaban J connectivity index is 4.29. The number of amides is 1. The van der Waals surface area contributed by atoms with Gasteiger partial charge in [-0.25, -0.2) is 0 Å². The van der Waals surface area contributed by atoms with Gasteiger partial charge in [-0.05, 0) is 6.42 Å². The maximum Gasteiger partial charge on any atom is 0.264 e. The summed E-state index contributed by atoms with van der Waals surface area (Å²) < 4.78 is 50.0. The highest BCUT2D eigenvalue weighted by atomic mass is 32.2. The topological polar surface area (TPSA) is 74.7 Å². The van der Waals surface area contributed by atoms with E-state index in [1.807, 2.05) is 0 Å². The molecule has 0 aromatic heterocycles. The predicted octanol–water partition coefficient (Wildman–Crippen LogP) is -0.257. The summed E-state index contributed by atoms with van der Waals surface area (Å²) in [6.45, 7) is -1.73. The normalized spacial score (nSPS) is 16.0. The summed E-state index contributed by atoms with van der Waals surface area (Å²) in [5.74, 6) is -1.22. The lowest BCUT2D eigenvalue weighted by Gasteiger charge is -2.13. The highest BCUT2D eigenvalue weighted by Crippen LogP contribution is 1.92. The fourth-order valence-corrected chi connectivity index (χ4v) is 1.06. The first kappa shape index (κ1) is 6.85. The predicted molar refractivity (Wildman–Crippen MR) is 44.3 cm³/mol. The van der Waals surface area contributed by atoms with Crippen molar-refractivity contribution in [3.05, 3.63) is 0 Å². The van der Waals surface area contributed by atoms with Crippen molar-refractivity contribution in [2.24, 2.45) is 0 Å². The molecule has 0 spiro atoms. The number of rotatable bonds is 4. The van der Waals surface area contributed by atoms with Crippen LogP contribution in [0.15, 0.2) is 0 Å². The lowest BCUT2D eigenvalue weighted by atomic mass is 10.4. The Morgan fingerprint density at radius 2 is 2.25 bits per heavy atom. The summed E-state index contributed by atoms with van der Waals surface area (Å²) in [5.41, 5.74) is 0. The Morgan fingerprint density at radius 1 is 1.67 bits per heavy atom. The second kappa shape index (κ2) is 4.42. The molecule has 0 saturated carbocycles. The third-order valence-corrected chi connectivity index (χ3v) is 1.97. The van der Waals surface area contributed by atoms with Crippen LogP contribution in [0.1, 0.15) is 17.5 Å². The second-order valence-electron chi connectivity index (χ2n) is 2.31. The van der Waals surface area contributed by atoms with Crippen molar-refractivity contribution in [1.82, 2.24) is 4.90 Å². The molecule has 0 radical (unpaired) electrons. The summed E-state index contributed by atoms with van der Waals surface area (Å²) in [6, 6.07) is 0. The highest BCUT2D eigenvalue weighted by molar-refractivity contribution is 7.85. The molecular weight excluding hydrogens is 182 g/mol. The van der Waals surface area contributed by atoms with Crippen LogP contribution >= 0.6 is 0 Å². The molecular formula is C6H13NO4S. The molecule has 1 amide bonds. The van der Waals surface area contributed by atoms with Gasteiger partial charge in [0.2, 0.25) is 5.91 Å². The monoisotopic (exact) mass is 198 g/mol. The van der Waals surface area contributed by atoms with Crippen LogP contribution in [0, 0.1) is 0 Å². The molecule has 0 aliphatic heterocycles. The van der Waals surface area contributed by atoms with Crippen LogP contribution in [0.25, 0.3) is 0 Å². The van der Waals surface area contributed by atoms with Gasteiger partial charge in [0.05, 0.1) is 5.75 Å². The minimum atomic E-state index is -4.11. The third-order valence-electron chi connectivity index (χ3n) is 1.16. The number of hydrogen-bond acceptors (Lipinski definition) is 3. The van der Waals surface area contributed by atoms with E-state index in [-0.39, 0.29) is 13.0 Å². The fourth-order valence-electron chi connectivity index (χ4n) is 0.563. The van der Waals surface area contributed by atoms with E-state index in [2.05, 4.69) is 0 Å². The maximum absolute atomic E-state index is 10.9. The van der Waals surface area contributed by atoms with E-state index in [4.69, 9.17) is 8.67 Å². The summed E-state index contributed by atoms with van der Waals surface area (Å²) in [4.78, 5) is 11.5. The van der Waals surface area contributed by atoms with Crippen LogP contribution in [0.5, 0.6) is 0 Å². The average molecular weight is 198 g/mol. The lowest BCUT2D eigenvalue weighted by Crippen LogP contribution is -2.26. The van der Waals surface area contributed by atoms with Gasteiger partial charge in [0.1, 0.15) is 0 Å². The van der Waals surface area contributed by atoms with Gasteiger partial charge in [-0.1, -0.05) is 0 Å². The molecule has 0 fully saturated rings. The molecule has 0 aromatic carbocycles. The van der Waals surface area contributed by atoms with Gasteiger partial charge >= 0.3 is 0 Å². The van der Waals surface area contributed by atoms with E-state index in [9.17, 15) is 13.2 Å². The Kier molecular flexibility index (Phi) is 2.52. The van der Waals surface area contributed by atoms with Crippen molar-refractivity contribution >= 4 is 16.0 Å². The van der Waals surface area contributed by atoms with Crippen molar-refractivity contribution < 1.29 is 21.9 Å². The summed E-state index contributed by atoms with van der Waals surface area (Å²) in [6.07, 6.45) is -0.114. The van der Waals surface area contributed by atoms with Crippen LogP contribution in [-0.2, 0) is 14.9 Å². The molecule has 0 bridgehead atoms. The quantitative estimate of drug-likeness (QED) is 0.632. The van der Waals surface area contributed by atoms with E-state index in [0.717, 1.165) is 6.92 Å². The smallest absolute Gasteiger partial charge is 0.264 e. The molecule has 12 heavy (non-hydrogen) atoms. The zero-order chi connectivity index (χ0) is 12.3. The summed E-state index contributed by atoms with van der Waals surface area (Å²) >= 11 is 0. The van der Waals surface area contributed by atoms with Crippen molar-refractivity contribution in [2.45, 2.75) is 13.3 Å². The zero-order valence-corrected chi connectivity index (χ0v) is 7.47. The van der Waals surface area contributed by atoms with Crippen LogP contribution in [-0.4, -0.2) is 43.1 Å². The average Bonchev–Trinajstić information content (AvgIpc) is 1.92. The number of nitrogens with zero attached hydrogens (tertiary/aromatic N) is 1. The van der Waals surface area contributed by atoms with Gasteiger partial charge < -0.3 is 4.90 Å². The zero-order valence-electron chi connectivity index (χ0n) is 9.65. The van der Waals surface area contributed by atoms with E-state index in [1.165, 1.54) is 0 Å². The highest BCUT2D eigenvalue weighted by Gasteiger charge is 2.06. The van der Waals surface area contributed by atoms with Crippen molar-refractivity contribution in [2.75, 3.05) is 19.3 Å². The maximum atomic E-state index is 10.9. The number of hydrogen-bond donors (Lipinski definition) is 1. The Bertz CT molecular complexity index is 324. The first-order chi connectivity index (χ1) is 6.54. The Morgan fingerprint density at radius 3 is 2.58 bits per heavy atom. The molecule has 0 saturated heterocycles. The largest absolute Gasteiger partial charge is 0.346 e. The molecule has 0 atom stereocenters. The molecule has 5 nitrogen and oxygen atoms in total. The van der Waals surface area contributed by atoms with E-state index in [1.54, 1.807) is 0 Å². The van der Waals surface area contributed by atoms with Crippen molar-refractivity contribution in [1.29, 1.82) is 0 Å². The number of carbonyl (C=O) groups excluding carboxylic acids is 1. The second-order valence-corrected chi connectivity index (χ2v) is 3.88. The van der Waals surface area contributed by atoms with Crippen molar-refractivity contribution in [3.63, 3.8) is 0 Å². The molecule has 0 aliphatic rings. The van der Waals surface area contributed by atoms with Gasteiger partial charge in [0, 0.05) is 24.6 Å². The van der Waals surface area contributed by atoms with Gasteiger partial charge in [-0.15, -0.1) is 0 Å². The van der Waals surface area contributed by atoms with E-state index < -0.39 is 28.8 Å². The fraction of sp³-hybridized carbons (Fsp3) is 0.833. The van der Waals surface area contributed by atoms with Crippen LogP contribution < -0.4 is 0 Å². The van der Waals surface area contributed by atoms with Crippen LogP contribution in [0.3, 0.4) is 0 Å². The molecule has 1 N–H and O–H groups in total. The first-order valence-corrected chi connectivity index (χ1v) is 4.88. The van der Waals surface area contributed by atoms with Crippen LogP contribution in [0.4, 0.5) is 0 Å². The molecule has 6 heteroatoms. The molecule has 72 valence electrons. The molecule has 0 rings (SSSR count). The third kappa shape index (κ3) is 6.11. The van der Waals surface area contributed by atoms with E-state index >= 15 is 0 Å². The standard InChI is InChI=1S/C6H13NO4S/c1-6(8)7(2)4-3-5-12(9,10)11/h3-5H2,1-2H3,(H,9,10,11)/i2D3.